The predicted molar refractivity (Wildman–Crippen MR) is 23.3 cm³/mol. The molecule has 1 radical (unpaired) electrons. The molecule has 0 bridgehead atoms. The Morgan fingerprint density at radius 3 is 3.71 bits per heavy atom. The standard InChI is InChI=1S/C4H4NO2/c1-2-6-4-5-7-3-1/h2,4H,3H2. The number of nitrogens with zero attached hydrogens (tertiary/aromatic N) is 1. The summed E-state index contributed by atoms with van der Waals surface area (Å²) in [7, 11) is 0. The number of rotatable bonds is 0. The Morgan fingerprint density at radius 1 is 1.71 bits per heavy atom. The third-order valence-corrected chi connectivity index (χ3v) is 0.478. The van der Waals surface area contributed by atoms with Gasteiger partial charge in [0.1, 0.15) is 6.61 Å². The fourth-order valence-electron chi connectivity index (χ4n) is 0.242. The normalized spacial score (nSPS) is 17.1. The first-order chi connectivity index (χ1) is 3.50. The second-order valence-electron chi connectivity index (χ2n) is 0.942. The van der Waals surface area contributed by atoms with Crippen LogP contribution >= 0.6 is 0 Å². The fraction of sp³-hybridized carbons (Fsp3) is 0.250. The van der Waals surface area contributed by atoms with Gasteiger partial charge in [-0.3, -0.25) is 0 Å². The lowest BCUT2D eigenvalue weighted by Crippen LogP contribution is -1.77. The lowest BCUT2D eigenvalue weighted by atomic mass is 10.7. The quantitative estimate of drug-likeness (QED) is 0.436. The molecule has 0 N–H and O–H groups in total. The highest BCUT2D eigenvalue weighted by molar-refractivity contribution is 5.46. The third kappa shape index (κ3) is 1.26. The zero-order valence-electron chi connectivity index (χ0n) is 3.63. The Kier molecular flexibility index (Phi) is 1.33. The van der Waals surface area contributed by atoms with Crippen LogP contribution in [-0.4, -0.2) is 13.0 Å². The van der Waals surface area contributed by atoms with Crippen LogP contribution in [0.2, 0.25) is 0 Å². The van der Waals surface area contributed by atoms with Crippen LogP contribution in [0, 0.1) is 6.08 Å². The van der Waals surface area contributed by atoms with Crippen molar-refractivity contribution in [1.29, 1.82) is 0 Å². The van der Waals surface area contributed by atoms with Crippen LogP contribution in [0.3, 0.4) is 0 Å². The van der Waals surface area contributed by atoms with Gasteiger partial charge in [0, 0.05) is 6.08 Å². The molecule has 0 fully saturated rings. The van der Waals surface area contributed by atoms with E-state index >= 15 is 0 Å². The van der Waals surface area contributed by atoms with Gasteiger partial charge in [-0.2, -0.15) is 0 Å². The second-order valence-corrected chi connectivity index (χ2v) is 0.942. The van der Waals surface area contributed by atoms with E-state index in [1.165, 1.54) is 12.7 Å². The van der Waals surface area contributed by atoms with Crippen LogP contribution < -0.4 is 0 Å². The Bertz CT molecular complexity index is 85.9. The molecule has 7 heavy (non-hydrogen) atoms. The minimum Gasteiger partial charge on any atom is -0.450 e. The van der Waals surface area contributed by atoms with E-state index < -0.39 is 0 Å². The van der Waals surface area contributed by atoms with Crippen LogP contribution in [0.1, 0.15) is 0 Å². The van der Waals surface area contributed by atoms with Gasteiger partial charge in [0.15, 0.2) is 0 Å². The zero-order chi connectivity index (χ0) is 4.95. The molecule has 0 spiro atoms. The lowest BCUT2D eigenvalue weighted by Gasteiger charge is -1.82. The van der Waals surface area contributed by atoms with Crippen LogP contribution in [0.25, 0.3) is 0 Å². The summed E-state index contributed by atoms with van der Waals surface area (Å²) in [4.78, 5) is 4.50. The van der Waals surface area contributed by atoms with Crippen molar-refractivity contribution in [2.75, 3.05) is 6.61 Å². The predicted octanol–water partition coefficient (Wildman–Crippen LogP) is 0.293. The first kappa shape index (κ1) is 4.18. The smallest absolute Gasteiger partial charge is 0.217 e. The fourth-order valence-corrected chi connectivity index (χ4v) is 0.242. The highest BCUT2D eigenvalue weighted by Crippen LogP contribution is 1.82. The second kappa shape index (κ2) is 2.23. The molecule has 0 unspecified atom stereocenters. The molecular weight excluding hydrogens is 94.0 g/mol. The van der Waals surface area contributed by atoms with Crippen LogP contribution in [0.5, 0.6) is 0 Å². The highest BCUT2D eigenvalue weighted by atomic mass is 16.6. The molecule has 0 saturated heterocycles. The summed E-state index contributed by atoms with van der Waals surface area (Å²) < 4.78 is 4.54. The molecule has 0 saturated carbocycles. The van der Waals surface area contributed by atoms with Gasteiger partial charge < -0.3 is 9.57 Å². The number of hydrogen-bond acceptors (Lipinski definition) is 3. The Hall–Kier alpha value is -0.990. The van der Waals surface area contributed by atoms with Gasteiger partial charge in [-0.05, 0) is 0 Å². The number of hydrogen-bond donors (Lipinski definition) is 0. The first-order valence-electron chi connectivity index (χ1n) is 1.84. The Morgan fingerprint density at radius 2 is 2.71 bits per heavy atom. The molecule has 0 aromatic rings. The summed E-state index contributed by atoms with van der Waals surface area (Å²) in [6, 6.07) is 0. The van der Waals surface area contributed by atoms with E-state index in [1.54, 1.807) is 0 Å². The molecule has 0 aliphatic carbocycles. The van der Waals surface area contributed by atoms with Gasteiger partial charge >= 0.3 is 0 Å². The van der Waals surface area contributed by atoms with E-state index in [9.17, 15) is 0 Å². The number of ether oxygens (including phenoxy) is 1. The third-order valence-electron chi connectivity index (χ3n) is 0.478. The van der Waals surface area contributed by atoms with Crippen molar-refractivity contribution < 1.29 is 9.57 Å². The molecule has 37 valence electrons. The summed E-state index contributed by atoms with van der Waals surface area (Å²) in [6.07, 6.45) is 5.26. The van der Waals surface area contributed by atoms with Crippen molar-refractivity contribution in [2.24, 2.45) is 5.16 Å². The van der Waals surface area contributed by atoms with Gasteiger partial charge in [0.05, 0.1) is 6.26 Å². The highest BCUT2D eigenvalue weighted by Gasteiger charge is 1.80. The molecule has 1 aliphatic rings. The summed E-state index contributed by atoms with van der Waals surface area (Å²) in [6.45, 7) is 0.372. The van der Waals surface area contributed by atoms with Crippen molar-refractivity contribution in [1.82, 2.24) is 0 Å². The molecule has 3 heteroatoms. The molecule has 0 aromatic carbocycles. The molecule has 1 rings (SSSR count). The van der Waals surface area contributed by atoms with Crippen LogP contribution in [0.4, 0.5) is 0 Å². The molecule has 0 amide bonds. The zero-order valence-corrected chi connectivity index (χ0v) is 3.63. The molecule has 0 aromatic heterocycles. The van der Waals surface area contributed by atoms with Crippen molar-refractivity contribution >= 4 is 6.40 Å². The molecular formula is C4H4NO2. The summed E-state index contributed by atoms with van der Waals surface area (Å²) in [5.74, 6) is 0. The minimum atomic E-state index is 0.372. The van der Waals surface area contributed by atoms with E-state index in [0.717, 1.165) is 0 Å². The molecule has 1 heterocycles. The largest absolute Gasteiger partial charge is 0.450 e. The van der Waals surface area contributed by atoms with E-state index in [0.29, 0.717) is 6.61 Å². The van der Waals surface area contributed by atoms with Crippen LogP contribution in [0.15, 0.2) is 11.4 Å². The SMILES string of the molecule is [C]1=COC=NOC1. The minimum absolute atomic E-state index is 0.372. The van der Waals surface area contributed by atoms with Crippen molar-refractivity contribution in [3.63, 3.8) is 0 Å². The van der Waals surface area contributed by atoms with Gasteiger partial charge in [-0.25, -0.2) is 0 Å². The Balaban J connectivity index is 2.38. The van der Waals surface area contributed by atoms with Crippen molar-refractivity contribution in [2.45, 2.75) is 0 Å². The van der Waals surface area contributed by atoms with Gasteiger partial charge in [-0.1, -0.05) is 5.16 Å². The summed E-state index contributed by atoms with van der Waals surface area (Å²) in [5.41, 5.74) is 0. The molecule has 0 atom stereocenters. The summed E-state index contributed by atoms with van der Waals surface area (Å²) in [5, 5.41) is 3.33. The molecule has 3 nitrogen and oxygen atoms in total. The van der Waals surface area contributed by atoms with E-state index in [4.69, 9.17) is 0 Å². The van der Waals surface area contributed by atoms with Gasteiger partial charge in [-0.15, -0.1) is 0 Å². The average molecular weight is 98.1 g/mol. The van der Waals surface area contributed by atoms with Crippen molar-refractivity contribution in [3.8, 4) is 0 Å². The number of oxime groups is 1. The maximum absolute atomic E-state index is 4.54. The average Bonchev–Trinajstić information content (AvgIpc) is 1.90. The molecule has 1 aliphatic heterocycles. The van der Waals surface area contributed by atoms with Crippen LogP contribution in [-0.2, 0) is 9.57 Å². The van der Waals surface area contributed by atoms with E-state index in [1.807, 2.05) is 0 Å². The van der Waals surface area contributed by atoms with Gasteiger partial charge in [0.25, 0.3) is 0 Å². The van der Waals surface area contributed by atoms with E-state index in [2.05, 4.69) is 20.8 Å². The summed E-state index contributed by atoms with van der Waals surface area (Å²) >= 11 is 0. The maximum atomic E-state index is 4.54. The maximum Gasteiger partial charge on any atom is 0.217 e. The van der Waals surface area contributed by atoms with E-state index in [-0.39, 0.29) is 0 Å². The first-order valence-corrected chi connectivity index (χ1v) is 1.84. The monoisotopic (exact) mass is 98.0 g/mol. The topological polar surface area (TPSA) is 30.8 Å². The lowest BCUT2D eigenvalue weighted by molar-refractivity contribution is 0.171. The van der Waals surface area contributed by atoms with Crippen molar-refractivity contribution in [3.05, 3.63) is 12.3 Å². The van der Waals surface area contributed by atoms with Gasteiger partial charge in [0.2, 0.25) is 6.40 Å². The Labute approximate surface area is 41.2 Å².